The molecule has 1 aliphatic carbocycles. The molecule has 0 saturated heterocycles. The number of rotatable bonds is 5. The van der Waals surface area contributed by atoms with Gasteiger partial charge in [0, 0.05) is 5.92 Å². The highest BCUT2D eigenvalue weighted by molar-refractivity contribution is 5.80. The Kier molecular flexibility index (Phi) is 6.20. The van der Waals surface area contributed by atoms with Crippen molar-refractivity contribution < 1.29 is 19.4 Å². The molecule has 1 aromatic rings. The molecule has 23 heavy (non-hydrogen) atoms. The fourth-order valence-electron chi connectivity index (χ4n) is 2.91. The van der Waals surface area contributed by atoms with Crippen molar-refractivity contribution in [2.75, 3.05) is 0 Å². The second-order valence-corrected chi connectivity index (χ2v) is 5.89. The van der Waals surface area contributed by atoms with Gasteiger partial charge in [0.15, 0.2) is 0 Å². The predicted molar refractivity (Wildman–Crippen MR) is 86.9 cm³/mol. The van der Waals surface area contributed by atoms with Gasteiger partial charge < -0.3 is 15.2 Å². The Morgan fingerprint density at radius 1 is 1.26 bits per heavy atom. The van der Waals surface area contributed by atoms with Crippen molar-refractivity contribution in [2.24, 2.45) is 5.92 Å². The molecule has 0 spiro atoms. The maximum Gasteiger partial charge on any atom is 0.408 e. The molecule has 5 nitrogen and oxygen atoms in total. The summed E-state index contributed by atoms with van der Waals surface area (Å²) in [6.45, 7) is 4.12. The van der Waals surface area contributed by atoms with Gasteiger partial charge in [0.05, 0.1) is 0 Å². The van der Waals surface area contributed by atoms with Crippen molar-refractivity contribution in [1.29, 1.82) is 0 Å². The summed E-state index contributed by atoms with van der Waals surface area (Å²) in [5.74, 6) is -1.28. The van der Waals surface area contributed by atoms with Gasteiger partial charge >= 0.3 is 12.1 Å². The largest absolute Gasteiger partial charge is 0.480 e. The van der Waals surface area contributed by atoms with E-state index in [9.17, 15) is 14.7 Å². The summed E-state index contributed by atoms with van der Waals surface area (Å²) in [5, 5.41) is 12.0. The zero-order chi connectivity index (χ0) is 16.7. The minimum absolute atomic E-state index is 0.116. The van der Waals surface area contributed by atoms with Gasteiger partial charge in [-0.2, -0.15) is 0 Å². The lowest BCUT2D eigenvalue weighted by atomic mass is 9.88. The Hall–Kier alpha value is -2.30. The highest BCUT2D eigenvalue weighted by atomic mass is 16.5. The molecule has 1 aliphatic rings. The minimum atomic E-state index is -1.05. The van der Waals surface area contributed by atoms with Crippen molar-refractivity contribution in [1.82, 2.24) is 5.32 Å². The number of carboxylic acids is 1. The highest BCUT2D eigenvalue weighted by Crippen LogP contribution is 2.29. The van der Waals surface area contributed by atoms with E-state index in [1.54, 1.807) is 0 Å². The number of hydrogen-bond acceptors (Lipinski definition) is 3. The topological polar surface area (TPSA) is 75.6 Å². The molecule has 0 unspecified atom stereocenters. The fourth-order valence-corrected chi connectivity index (χ4v) is 2.91. The Labute approximate surface area is 136 Å². The number of carbonyl (C=O) groups is 2. The fraction of sp³-hybridized carbons (Fsp3) is 0.444. The standard InChI is InChI=1S/C18H23NO4/c1-13-8-4-2-7-11-15(13)16(17(20)21)19-18(22)23-12-14-9-5-3-6-10-14/h3,5-6,9-10,15-16H,1-2,4,7-8,11-12H2,(H,19,22)(H,20,21)/t15-,16+/m1/s1. The van der Waals surface area contributed by atoms with Crippen molar-refractivity contribution in [3.8, 4) is 0 Å². The normalized spacial score (nSPS) is 19.5. The number of aliphatic carboxylic acids is 1. The second-order valence-electron chi connectivity index (χ2n) is 5.89. The average molecular weight is 317 g/mol. The number of carboxylic acid groups (broad SMARTS) is 1. The summed E-state index contributed by atoms with van der Waals surface area (Å²) in [6.07, 6.45) is 3.89. The van der Waals surface area contributed by atoms with Crippen molar-refractivity contribution in [3.63, 3.8) is 0 Å². The van der Waals surface area contributed by atoms with Crippen LogP contribution < -0.4 is 5.32 Å². The first-order chi connectivity index (χ1) is 11.1. The van der Waals surface area contributed by atoms with Crippen LogP contribution in [0.25, 0.3) is 0 Å². The molecular formula is C18H23NO4. The molecule has 124 valence electrons. The van der Waals surface area contributed by atoms with Crippen LogP contribution in [-0.4, -0.2) is 23.2 Å². The third kappa shape index (κ3) is 5.13. The van der Waals surface area contributed by atoms with E-state index in [0.717, 1.165) is 43.2 Å². The van der Waals surface area contributed by atoms with Crippen LogP contribution in [0.5, 0.6) is 0 Å². The summed E-state index contributed by atoms with van der Waals surface area (Å²) in [4.78, 5) is 23.5. The van der Waals surface area contributed by atoms with Crippen LogP contribution in [0.4, 0.5) is 4.79 Å². The molecule has 1 amide bonds. The Balaban J connectivity index is 1.94. The lowest BCUT2D eigenvalue weighted by molar-refractivity contribution is -0.140. The van der Waals surface area contributed by atoms with E-state index in [-0.39, 0.29) is 12.5 Å². The van der Waals surface area contributed by atoms with E-state index in [0.29, 0.717) is 0 Å². The van der Waals surface area contributed by atoms with Crippen LogP contribution in [0, 0.1) is 5.92 Å². The highest BCUT2D eigenvalue weighted by Gasteiger charge is 2.32. The average Bonchev–Trinajstić information content (AvgIpc) is 2.76. The first-order valence-corrected chi connectivity index (χ1v) is 7.95. The van der Waals surface area contributed by atoms with Crippen molar-refractivity contribution in [2.45, 2.75) is 44.8 Å². The smallest absolute Gasteiger partial charge is 0.408 e. The quantitative estimate of drug-likeness (QED) is 0.644. The minimum Gasteiger partial charge on any atom is -0.480 e. The first kappa shape index (κ1) is 17.1. The van der Waals surface area contributed by atoms with Crippen LogP contribution in [0.3, 0.4) is 0 Å². The summed E-state index contributed by atoms with van der Waals surface area (Å²) >= 11 is 0. The van der Waals surface area contributed by atoms with Gasteiger partial charge in [0.25, 0.3) is 0 Å². The van der Waals surface area contributed by atoms with Crippen LogP contribution in [0.1, 0.15) is 37.7 Å². The summed E-state index contributed by atoms with van der Waals surface area (Å²) in [6, 6.07) is 8.29. The van der Waals surface area contributed by atoms with Crippen molar-refractivity contribution >= 4 is 12.1 Å². The molecule has 0 bridgehead atoms. The molecule has 1 saturated carbocycles. The van der Waals surface area contributed by atoms with E-state index in [4.69, 9.17) is 4.74 Å². The first-order valence-electron chi connectivity index (χ1n) is 7.95. The SMILES string of the molecule is C=C1CCCCC[C@H]1[C@H](NC(=O)OCc1ccccc1)C(=O)O. The van der Waals surface area contributed by atoms with Crippen molar-refractivity contribution in [3.05, 3.63) is 48.0 Å². The van der Waals surface area contributed by atoms with E-state index in [2.05, 4.69) is 11.9 Å². The van der Waals surface area contributed by atoms with E-state index < -0.39 is 18.1 Å². The molecule has 1 aromatic carbocycles. The second kappa shape index (κ2) is 8.36. The molecular weight excluding hydrogens is 294 g/mol. The van der Waals surface area contributed by atoms with Crippen LogP contribution in [0.15, 0.2) is 42.5 Å². The molecule has 2 atom stereocenters. The number of ether oxygens (including phenoxy) is 1. The Morgan fingerprint density at radius 2 is 2.00 bits per heavy atom. The molecule has 0 aromatic heterocycles. The van der Waals surface area contributed by atoms with Gasteiger partial charge in [-0.05, 0) is 24.8 Å². The van der Waals surface area contributed by atoms with Crippen LogP contribution >= 0.6 is 0 Å². The molecule has 1 fully saturated rings. The van der Waals surface area contributed by atoms with Crippen LogP contribution in [-0.2, 0) is 16.1 Å². The summed E-state index contributed by atoms with van der Waals surface area (Å²) < 4.78 is 5.12. The van der Waals surface area contributed by atoms with Gasteiger partial charge in [0.2, 0.25) is 0 Å². The number of alkyl carbamates (subject to hydrolysis) is 1. The van der Waals surface area contributed by atoms with Gasteiger partial charge in [-0.15, -0.1) is 0 Å². The zero-order valence-corrected chi connectivity index (χ0v) is 13.2. The third-order valence-corrected chi connectivity index (χ3v) is 4.19. The number of carbonyl (C=O) groups excluding carboxylic acids is 1. The maximum absolute atomic E-state index is 11.9. The van der Waals surface area contributed by atoms with Crippen LogP contribution in [0.2, 0.25) is 0 Å². The number of benzene rings is 1. The van der Waals surface area contributed by atoms with E-state index >= 15 is 0 Å². The van der Waals surface area contributed by atoms with Gasteiger partial charge in [-0.25, -0.2) is 9.59 Å². The number of amides is 1. The van der Waals surface area contributed by atoms with Gasteiger partial charge in [0.1, 0.15) is 12.6 Å². The lowest BCUT2D eigenvalue weighted by Gasteiger charge is -2.25. The molecule has 0 radical (unpaired) electrons. The monoisotopic (exact) mass is 317 g/mol. The van der Waals surface area contributed by atoms with Gasteiger partial charge in [-0.3, -0.25) is 0 Å². The van der Waals surface area contributed by atoms with E-state index in [1.165, 1.54) is 0 Å². The Morgan fingerprint density at radius 3 is 2.70 bits per heavy atom. The zero-order valence-electron chi connectivity index (χ0n) is 13.2. The molecule has 2 rings (SSSR count). The molecule has 5 heteroatoms. The molecule has 0 aliphatic heterocycles. The van der Waals surface area contributed by atoms with E-state index in [1.807, 2.05) is 30.3 Å². The Bertz CT molecular complexity index is 555. The molecule has 0 heterocycles. The number of nitrogens with one attached hydrogen (secondary N) is 1. The molecule has 2 N–H and O–H groups in total. The third-order valence-electron chi connectivity index (χ3n) is 4.19. The summed E-state index contributed by atoms with van der Waals surface area (Å²) in [5.41, 5.74) is 1.76. The van der Waals surface area contributed by atoms with Gasteiger partial charge in [-0.1, -0.05) is 55.3 Å². The predicted octanol–water partition coefficient (Wildman–Crippen LogP) is 3.50. The lowest BCUT2D eigenvalue weighted by Crippen LogP contribution is -2.46. The summed E-state index contributed by atoms with van der Waals surface area (Å²) in [7, 11) is 0. The maximum atomic E-state index is 11.9. The number of hydrogen-bond donors (Lipinski definition) is 2.